The van der Waals surface area contributed by atoms with Gasteiger partial charge in [0.1, 0.15) is 15.0 Å². The average molecular weight is 982 g/mol. The molecule has 0 radical (unpaired) electrons. The fraction of sp³-hybridized carbons (Fsp3) is 0.400. The van der Waals surface area contributed by atoms with Gasteiger partial charge in [-0.05, 0) is 112 Å². The van der Waals surface area contributed by atoms with Crippen LogP contribution in [-0.2, 0) is 24.1 Å². The number of amides is 1. The highest BCUT2D eigenvalue weighted by Crippen LogP contribution is 2.42. The molecule has 3 aromatic heterocycles. The Hall–Kier alpha value is -5.60. The van der Waals surface area contributed by atoms with Gasteiger partial charge in [0, 0.05) is 88.6 Å². The number of aromatic nitrogens is 3. The number of aldehydes is 1. The molecule has 4 N–H and O–H groups in total. The van der Waals surface area contributed by atoms with E-state index in [4.69, 9.17) is 9.82 Å². The van der Waals surface area contributed by atoms with Gasteiger partial charge >= 0.3 is 5.97 Å². The number of hydrogen-bond donors (Lipinski definition) is 4. The van der Waals surface area contributed by atoms with Gasteiger partial charge in [0.05, 0.1) is 68.3 Å². The summed E-state index contributed by atoms with van der Waals surface area (Å²) in [6.45, 7) is 0. The van der Waals surface area contributed by atoms with Crippen molar-refractivity contribution in [3.8, 4) is 31.7 Å². The number of rotatable bonds is 10. The number of hydrogen-bond acceptors (Lipinski definition) is 16. The summed E-state index contributed by atoms with van der Waals surface area (Å²) in [5, 5.41) is 43.3. The molecule has 3 aliphatic rings. The molecule has 0 spiro atoms. The van der Waals surface area contributed by atoms with Crippen molar-refractivity contribution in [1.82, 2.24) is 20.0 Å². The minimum absolute atomic E-state index is 0.227. The lowest BCUT2D eigenvalue weighted by molar-refractivity contribution is -0.0756. The molecule has 1 amide bonds. The van der Waals surface area contributed by atoms with E-state index in [0.717, 1.165) is 134 Å². The molecule has 68 heavy (non-hydrogen) atoms. The van der Waals surface area contributed by atoms with Crippen LogP contribution >= 0.6 is 34.0 Å². The third kappa shape index (κ3) is 11.0. The minimum atomic E-state index is -0.965. The van der Waals surface area contributed by atoms with E-state index in [0.29, 0.717) is 21.7 Å². The maximum Gasteiger partial charge on any atom is 0.336 e. The predicted octanol–water partition coefficient (Wildman–Crippen LogP) is 8.88. The van der Waals surface area contributed by atoms with Crippen molar-refractivity contribution in [2.75, 3.05) is 71.1 Å². The Morgan fingerprint density at radius 3 is 1.32 bits per heavy atom. The molecule has 3 aromatic carbocycles. The van der Waals surface area contributed by atoms with Crippen molar-refractivity contribution in [2.24, 2.45) is 0 Å². The quantitative estimate of drug-likeness (QED) is 0.0751. The van der Waals surface area contributed by atoms with E-state index < -0.39 is 24.3 Å². The summed E-state index contributed by atoms with van der Waals surface area (Å²) < 4.78 is 0. The highest BCUT2D eigenvalue weighted by Gasteiger charge is 2.28. The van der Waals surface area contributed by atoms with Crippen LogP contribution in [0.5, 0.6) is 0 Å². The number of thiazole rings is 3. The zero-order valence-electron chi connectivity index (χ0n) is 39.6. The second kappa shape index (κ2) is 21.8. The lowest BCUT2D eigenvalue weighted by Gasteiger charge is -2.19. The van der Waals surface area contributed by atoms with E-state index in [-0.39, 0.29) is 11.5 Å². The van der Waals surface area contributed by atoms with Gasteiger partial charge in [0.25, 0.3) is 5.91 Å². The van der Waals surface area contributed by atoms with Crippen molar-refractivity contribution in [3.05, 3.63) is 103 Å². The van der Waals surface area contributed by atoms with E-state index in [1.165, 1.54) is 46.2 Å². The summed E-state index contributed by atoms with van der Waals surface area (Å²) in [5.41, 5.74) is 9.26. The molecule has 0 saturated heterocycles. The SMILES string of the molecule is CN(C)c1ccc(-c2nc3c(s2)C(O)CCC3)c(C(=O)O)c1.CN(C)c1ccc(-c2nc3c(s2)C(O)CCC3)c(C=O)c1.CON(C)C(=O)c1cc(N(C)C)ccc1-c1nc2c(s1)C(O)CCC2. The van der Waals surface area contributed by atoms with Crippen LogP contribution < -0.4 is 14.7 Å². The largest absolute Gasteiger partial charge is 0.478 e. The first-order chi connectivity index (χ1) is 32.5. The lowest BCUT2D eigenvalue weighted by atomic mass is 10.0. The monoisotopic (exact) mass is 981 g/mol. The number of carboxylic acids is 1. The average Bonchev–Trinajstić information content (AvgIpc) is 4.10. The number of aromatic carboxylic acids is 1. The van der Waals surface area contributed by atoms with E-state index in [2.05, 4.69) is 9.97 Å². The summed E-state index contributed by atoms with van der Waals surface area (Å²) in [5.74, 6) is -1.19. The summed E-state index contributed by atoms with van der Waals surface area (Å²) in [4.78, 5) is 63.3. The topological polar surface area (TPSA) is 193 Å². The van der Waals surface area contributed by atoms with Gasteiger partial charge in [-0.15, -0.1) is 34.0 Å². The number of anilines is 3. The van der Waals surface area contributed by atoms with Crippen LogP contribution in [0.15, 0.2) is 54.6 Å². The fourth-order valence-electron chi connectivity index (χ4n) is 8.26. The number of benzene rings is 3. The summed E-state index contributed by atoms with van der Waals surface area (Å²) in [6, 6.07) is 16.9. The fourth-order valence-corrected chi connectivity index (χ4v) is 11.8. The number of carbonyl (C=O) groups excluding carboxylic acids is 2. The first-order valence-corrected chi connectivity index (χ1v) is 24.9. The van der Waals surface area contributed by atoms with Crippen LogP contribution in [0, 0.1) is 0 Å². The van der Waals surface area contributed by atoms with Gasteiger partial charge in [-0.1, -0.05) is 0 Å². The molecule has 0 fully saturated rings. The number of carbonyl (C=O) groups is 3. The Morgan fingerprint density at radius 2 is 0.956 bits per heavy atom. The highest BCUT2D eigenvalue weighted by atomic mass is 32.1. The Morgan fingerprint density at radius 1 is 0.588 bits per heavy atom. The lowest BCUT2D eigenvalue weighted by Crippen LogP contribution is -2.26. The minimum Gasteiger partial charge on any atom is -0.478 e. The molecule has 3 heterocycles. The molecule has 6 aromatic rings. The number of fused-ring (bicyclic) bond motifs is 3. The van der Waals surface area contributed by atoms with Crippen molar-refractivity contribution in [1.29, 1.82) is 0 Å². The normalized spacial score (nSPS) is 17.0. The Kier molecular flexibility index (Phi) is 16.1. The standard InChI is InChI=1S/C18H23N3O3S.C16H18N2O3S.C16H18N2O2S/c1-20(2)11-8-9-12(13(10-11)18(23)21(3)24-4)17-19-14-6-5-7-15(22)16(14)25-17;1-18(2)9-6-7-10(11(8-9)16(20)21)15-17-12-4-3-5-13(19)14(12)22-15;1-18(2)11-6-7-12(10(8-11)9-19)16-17-13-4-3-5-14(20)15(13)21-16/h8-10,15,22H,5-7H2,1-4H3;6-8,13,19H,3-5H2,1-2H3,(H,20,21);6-9,14,20H,3-5H2,1-2H3. The summed E-state index contributed by atoms with van der Waals surface area (Å²) in [6.07, 6.45) is 7.34. The van der Waals surface area contributed by atoms with E-state index in [1.807, 2.05) is 99.5 Å². The third-order valence-corrected chi connectivity index (χ3v) is 15.9. The Bertz CT molecular complexity index is 2780. The second-order valence-electron chi connectivity index (χ2n) is 17.5. The Labute approximate surface area is 408 Å². The van der Waals surface area contributed by atoms with Crippen LogP contribution in [0.2, 0.25) is 0 Å². The zero-order valence-corrected chi connectivity index (χ0v) is 42.1. The third-order valence-electron chi connectivity index (χ3n) is 12.2. The highest BCUT2D eigenvalue weighted by molar-refractivity contribution is 7.16. The van der Waals surface area contributed by atoms with E-state index >= 15 is 0 Å². The molecule has 0 bridgehead atoms. The van der Waals surface area contributed by atoms with Crippen molar-refractivity contribution in [3.63, 3.8) is 0 Å². The maximum absolute atomic E-state index is 12.8. The van der Waals surface area contributed by atoms with Gasteiger partial charge in [0.2, 0.25) is 0 Å². The molecule has 3 aliphatic carbocycles. The second-order valence-corrected chi connectivity index (χ2v) is 20.6. The predicted molar refractivity (Wildman–Crippen MR) is 271 cm³/mol. The van der Waals surface area contributed by atoms with Crippen LogP contribution in [0.1, 0.15) is 120 Å². The summed E-state index contributed by atoms with van der Waals surface area (Å²) >= 11 is 4.39. The first kappa shape index (κ1) is 50.3. The van der Waals surface area contributed by atoms with Crippen LogP contribution in [-0.4, -0.2) is 115 Å². The number of carboxylic acid groups (broad SMARTS) is 1. The van der Waals surface area contributed by atoms with E-state index in [9.17, 15) is 34.8 Å². The molecule has 18 heteroatoms. The first-order valence-electron chi connectivity index (χ1n) is 22.5. The molecule has 15 nitrogen and oxygen atoms in total. The molecule has 360 valence electrons. The van der Waals surface area contributed by atoms with Crippen molar-refractivity contribution < 1.29 is 39.6 Å². The summed E-state index contributed by atoms with van der Waals surface area (Å²) in [7, 11) is 14.6. The molecule has 3 unspecified atom stereocenters. The molecular weight excluding hydrogens is 923 g/mol. The Balaban J connectivity index is 0.000000152. The van der Waals surface area contributed by atoms with Crippen molar-refractivity contribution >= 4 is 69.2 Å². The number of aliphatic hydroxyl groups excluding tert-OH is 3. The smallest absolute Gasteiger partial charge is 0.336 e. The van der Waals surface area contributed by atoms with Crippen LogP contribution in [0.25, 0.3) is 31.7 Å². The molecule has 9 rings (SSSR count). The van der Waals surface area contributed by atoms with Gasteiger partial charge in [-0.3, -0.25) is 14.4 Å². The van der Waals surface area contributed by atoms with E-state index in [1.54, 1.807) is 19.2 Å². The number of aliphatic hydroxyl groups is 3. The van der Waals surface area contributed by atoms with Crippen LogP contribution in [0.3, 0.4) is 0 Å². The molecule has 0 saturated carbocycles. The van der Waals surface area contributed by atoms with Gasteiger partial charge < -0.3 is 35.1 Å². The molecule has 0 aliphatic heterocycles. The number of nitrogens with zero attached hydrogens (tertiary/aromatic N) is 7. The molecular formula is C50H59N7O8S3. The zero-order chi connectivity index (χ0) is 49.0. The van der Waals surface area contributed by atoms with Crippen LogP contribution in [0.4, 0.5) is 17.1 Å². The van der Waals surface area contributed by atoms with Gasteiger partial charge in [-0.25, -0.2) is 24.8 Å². The molecule has 3 atom stereocenters. The van der Waals surface area contributed by atoms with Crippen molar-refractivity contribution in [2.45, 2.75) is 76.1 Å². The number of aryl methyl sites for hydroxylation is 3. The van der Waals surface area contributed by atoms with Gasteiger partial charge in [-0.2, -0.15) is 0 Å². The number of hydroxylamine groups is 2. The van der Waals surface area contributed by atoms with Gasteiger partial charge in [0.15, 0.2) is 6.29 Å². The maximum atomic E-state index is 12.8.